The molecule has 1 aromatic rings. The van der Waals surface area contributed by atoms with Crippen molar-refractivity contribution in [2.24, 2.45) is 10.9 Å². The molecule has 0 atom stereocenters. The van der Waals surface area contributed by atoms with E-state index in [-0.39, 0.29) is 5.11 Å². The third-order valence-electron chi connectivity index (χ3n) is 1.55. The fourth-order valence-electron chi connectivity index (χ4n) is 0.825. The van der Waals surface area contributed by atoms with Crippen molar-refractivity contribution in [1.82, 2.24) is 15.8 Å². The molecule has 5 nitrogen and oxygen atoms in total. The van der Waals surface area contributed by atoms with Crippen LogP contribution in [-0.4, -0.2) is 15.8 Å². The Morgan fingerprint density at radius 2 is 2.14 bits per heavy atom. The summed E-state index contributed by atoms with van der Waals surface area (Å²) >= 11 is 4.76. The first-order valence-corrected chi connectivity index (χ1v) is 4.36. The molecular formula is C8H11N5S. The Morgan fingerprint density at radius 1 is 1.50 bits per heavy atom. The summed E-state index contributed by atoms with van der Waals surface area (Å²) in [5.41, 5.74) is 6.66. The maximum atomic E-state index is 5.06. The van der Waals surface area contributed by atoms with Gasteiger partial charge in [0, 0.05) is 18.0 Å². The van der Waals surface area contributed by atoms with E-state index in [9.17, 15) is 0 Å². The molecule has 1 aromatic heterocycles. The van der Waals surface area contributed by atoms with Gasteiger partial charge < -0.3 is 0 Å². The molecule has 1 heterocycles. The summed E-state index contributed by atoms with van der Waals surface area (Å²) in [5, 5.41) is 4.30. The minimum atomic E-state index is 0.276. The smallest absolute Gasteiger partial charge is 0.201 e. The first kappa shape index (κ1) is 10.6. The van der Waals surface area contributed by atoms with Crippen LogP contribution in [-0.2, 0) is 0 Å². The Bertz CT molecular complexity index is 335. The molecule has 0 bridgehead atoms. The van der Waals surface area contributed by atoms with Crippen LogP contribution in [0.2, 0.25) is 0 Å². The monoisotopic (exact) mass is 209 g/mol. The predicted octanol–water partition coefficient (Wildman–Crippen LogP) is 0.143. The number of hydrazone groups is 1. The van der Waals surface area contributed by atoms with Gasteiger partial charge in [-0.15, -0.1) is 0 Å². The van der Waals surface area contributed by atoms with E-state index in [0.717, 1.165) is 11.3 Å². The SMILES string of the molecule is C/C(=N/NC(=S)NN)c1ccncc1. The zero-order valence-corrected chi connectivity index (χ0v) is 8.51. The van der Waals surface area contributed by atoms with Crippen LogP contribution in [0.25, 0.3) is 0 Å². The first-order valence-electron chi connectivity index (χ1n) is 3.95. The molecule has 0 saturated carbocycles. The third kappa shape index (κ3) is 3.08. The van der Waals surface area contributed by atoms with E-state index in [4.69, 9.17) is 18.1 Å². The second kappa shape index (κ2) is 5.25. The van der Waals surface area contributed by atoms with Gasteiger partial charge in [0.05, 0.1) is 5.71 Å². The molecule has 6 heteroatoms. The number of pyridine rings is 1. The van der Waals surface area contributed by atoms with Crippen LogP contribution >= 0.6 is 12.2 Å². The van der Waals surface area contributed by atoms with Crippen LogP contribution in [0.3, 0.4) is 0 Å². The average Bonchev–Trinajstić information content (AvgIpc) is 2.26. The van der Waals surface area contributed by atoms with Crippen molar-refractivity contribution in [1.29, 1.82) is 0 Å². The van der Waals surface area contributed by atoms with Gasteiger partial charge in [-0.1, -0.05) is 0 Å². The topological polar surface area (TPSA) is 75.3 Å². The molecule has 0 aliphatic carbocycles. The quantitative estimate of drug-likeness (QED) is 0.280. The highest BCUT2D eigenvalue weighted by Crippen LogP contribution is 1.97. The highest BCUT2D eigenvalue weighted by molar-refractivity contribution is 7.80. The largest absolute Gasteiger partial charge is 0.300 e. The van der Waals surface area contributed by atoms with Gasteiger partial charge in [0.1, 0.15) is 0 Å². The Balaban J connectivity index is 2.66. The van der Waals surface area contributed by atoms with Crippen molar-refractivity contribution >= 4 is 23.0 Å². The van der Waals surface area contributed by atoms with E-state index in [2.05, 4.69) is 20.9 Å². The number of nitrogens with zero attached hydrogens (tertiary/aromatic N) is 2. The molecule has 0 spiro atoms. The highest BCUT2D eigenvalue weighted by atomic mass is 32.1. The Hall–Kier alpha value is -1.53. The molecule has 1 rings (SSSR count). The molecule has 0 unspecified atom stereocenters. The van der Waals surface area contributed by atoms with Gasteiger partial charge in [-0.05, 0) is 31.3 Å². The molecule has 0 radical (unpaired) electrons. The minimum Gasteiger partial charge on any atom is -0.300 e. The van der Waals surface area contributed by atoms with Crippen LogP contribution in [0.1, 0.15) is 12.5 Å². The number of rotatable bonds is 2. The van der Waals surface area contributed by atoms with Crippen LogP contribution in [0.5, 0.6) is 0 Å². The molecule has 0 aliphatic heterocycles. The summed E-state index contributed by atoms with van der Waals surface area (Å²) in [6.45, 7) is 1.86. The highest BCUT2D eigenvalue weighted by Gasteiger charge is 1.95. The molecule has 0 saturated heterocycles. The maximum Gasteiger partial charge on any atom is 0.201 e. The minimum absolute atomic E-state index is 0.276. The van der Waals surface area contributed by atoms with E-state index in [1.807, 2.05) is 19.1 Å². The van der Waals surface area contributed by atoms with Crippen LogP contribution in [0.4, 0.5) is 0 Å². The van der Waals surface area contributed by atoms with E-state index < -0.39 is 0 Å². The van der Waals surface area contributed by atoms with Crippen molar-refractivity contribution in [3.05, 3.63) is 30.1 Å². The standard InChI is InChI=1S/C8H11N5S/c1-6(12-13-8(14)11-9)7-2-4-10-5-3-7/h2-5H,9H2,1H3,(H2,11,13,14)/b12-6-. The zero-order valence-electron chi connectivity index (χ0n) is 7.69. The first-order chi connectivity index (χ1) is 6.74. The predicted molar refractivity (Wildman–Crippen MR) is 59.5 cm³/mol. The van der Waals surface area contributed by atoms with Gasteiger partial charge in [-0.25, -0.2) is 5.84 Å². The lowest BCUT2D eigenvalue weighted by molar-refractivity contribution is 0.925. The number of hydrogen-bond donors (Lipinski definition) is 3. The van der Waals surface area contributed by atoms with Gasteiger partial charge in [0.15, 0.2) is 0 Å². The molecule has 74 valence electrons. The lowest BCUT2D eigenvalue weighted by Crippen LogP contribution is -2.37. The maximum absolute atomic E-state index is 5.06. The summed E-state index contributed by atoms with van der Waals surface area (Å²) in [6.07, 6.45) is 3.40. The molecular weight excluding hydrogens is 198 g/mol. The number of hydrazine groups is 1. The average molecular weight is 209 g/mol. The number of thiocarbonyl (C=S) groups is 1. The van der Waals surface area contributed by atoms with E-state index >= 15 is 0 Å². The fraction of sp³-hybridized carbons (Fsp3) is 0.125. The van der Waals surface area contributed by atoms with Gasteiger partial charge in [-0.3, -0.25) is 15.8 Å². The Morgan fingerprint density at radius 3 is 2.71 bits per heavy atom. The fourth-order valence-corrected chi connectivity index (χ4v) is 0.870. The third-order valence-corrected chi connectivity index (χ3v) is 1.76. The summed E-state index contributed by atoms with van der Waals surface area (Å²) in [7, 11) is 0. The summed E-state index contributed by atoms with van der Waals surface area (Å²) in [6, 6.07) is 3.72. The van der Waals surface area contributed by atoms with Gasteiger partial charge in [0.2, 0.25) is 5.11 Å². The zero-order chi connectivity index (χ0) is 10.4. The van der Waals surface area contributed by atoms with Crippen LogP contribution in [0.15, 0.2) is 29.6 Å². The van der Waals surface area contributed by atoms with Crippen LogP contribution in [0, 0.1) is 0 Å². The lowest BCUT2D eigenvalue weighted by Gasteiger charge is -2.03. The Kier molecular flexibility index (Phi) is 3.96. The van der Waals surface area contributed by atoms with Crippen LogP contribution < -0.4 is 16.7 Å². The lowest BCUT2D eigenvalue weighted by atomic mass is 10.2. The van der Waals surface area contributed by atoms with Crippen molar-refractivity contribution in [2.75, 3.05) is 0 Å². The number of nitrogens with two attached hydrogens (primary N) is 1. The van der Waals surface area contributed by atoms with Crippen molar-refractivity contribution in [3.63, 3.8) is 0 Å². The molecule has 14 heavy (non-hydrogen) atoms. The molecule has 0 aliphatic rings. The molecule has 4 N–H and O–H groups in total. The van der Waals surface area contributed by atoms with Gasteiger partial charge in [0.25, 0.3) is 0 Å². The Labute approximate surface area is 87.4 Å². The molecule has 0 aromatic carbocycles. The second-order valence-electron chi connectivity index (χ2n) is 2.52. The number of nitrogens with one attached hydrogen (secondary N) is 2. The van der Waals surface area contributed by atoms with E-state index in [1.165, 1.54) is 0 Å². The van der Waals surface area contributed by atoms with Gasteiger partial charge in [-0.2, -0.15) is 5.10 Å². The normalized spacial score (nSPS) is 10.9. The van der Waals surface area contributed by atoms with Crippen molar-refractivity contribution in [3.8, 4) is 0 Å². The summed E-state index contributed by atoms with van der Waals surface area (Å²) < 4.78 is 0. The van der Waals surface area contributed by atoms with Crippen molar-refractivity contribution in [2.45, 2.75) is 6.92 Å². The van der Waals surface area contributed by atoms with E-state index in [1.54, 1.807) is 12.4 Å². The van der Waals surface area contributed by atoms with Gasteiger partial charge >= 0.3 is 0 Å². The number of aromatic nitrogens is 1. The molecule has 0 amide bonds. The second-order valence-corrected chi connectivity index (χ2v) is 2.93. The number of hydrogen-bond acceptors (Lipinski definition) is 4. The molecule has 0 fully saturated rings. The van der Waals surface area contributed by atoms with E-state index in [0.29, 0.717) is 0 Å². The summed E-state index contributed by atoms with van der Waals surface area (Å²) in [5.74, 6) is 5.06. The van der Waals surface area contributed by atoms with Crippen molar-refractivity contribution < 1.29 is 0 Å². The summed E-state index contributed by atoms with van der Waals surface area (Å²) in [4.78, 5) is 3.91.